The van der Waals surface area contributed by atoms with E-state index in [0.29, 0.717) is 33.3 Å². The Bertz CT molecular complexity index is 1230. The second kappa shape index (κ2) is 8.22. The van der Waals surface area contributed by atoms with Gasteiger partial charge in [0.15, 0.2) is 0 Å². The van der Waals surface area contributed by atoms with Gasteiger partial charge in [0.2, 0.25) is 0 Å². The average Bonchev–Trinajstić information content (AvgIpc) is 3.56. The Labute approximate surface area is 176 Å². The SMILES string of the molecule is Nc1ccc(-c2cc3c(cc2F)c(COC(=O)CCC(=O)O)cc(=O)n3C2CC2)cc1. The number of aromatic nitrogens is 1. The van der Waals surface area contributed by atoms with Crippen LogP contribution in [0, 0.1) is 5.82 Å². The molecular weight excluding hydrogens is 403 g/mol. The number of esters is 1. The van der Waals surface area contributed by atoms with Crippen LogP contribution < -0.4 is 11.3 Å². The Morgan fingerprint density at radius 2 is 1.84 bits per heavy atom. The minimum atomic E-state index is -1.10. The lowest BCUT2D eigenvalue weighted by Gasteiger charge is -2.15. The van der Waals surface area contributed by atoms with Crippen LogP contribution in [0.5, 0.6) is 0 Å². The number of aliphatic carboxylic acids is 1. The first-order valence-electron chi connectivity index (χ1n) is 9.94. The number of nitrogen functional groups attached to an aromatic ring is 1. The van der Waals surface area contributed by atoms with Crippen LogP contribution in [0.25, 0.3) is 22.0 Å². The molecule has 0 unspecified atom stereocenters. The molecule has 0 amide bonds. The van der Waals surface area contributed by atoms with Crippen LogP contribution in [-0.2, 0) is 20.9 Å². The van der Waals surface area contributed by atoms with Gasteiger partial charge in [0.05, 0.1) is 18.4 Å². The summed E-state index contributed by atoms with van der Waals surface area (Å²) in [6.07, 6.45) is 1.12. The molecule has 1 saturated carbocycles. The highest BCUT2D eigenvalue weighted by Gasteiger charge is 2.27. The van der Waals surface area contributed by atoms with E-state index in [0.717, 1.165) is 12.8 Å². The number of fused-ring (bicyclic) bond motifs is 1. The number of carboxylic acids is 1. The van der Waals surface area contributed by atoms with Crippen molar-refractivity contribution in [3.8, 4) is 11.1 Å². The first kappa shape index (κ1) is 20.6. The second-order valence-corrected chi connectivity index (χ2v) is 7.63. The molecule has 0 spiro atoms. The number of hydrogen-bond donors (Lipinski definition) is 2. The zero-order valence-electron chi connectivity index (χ0n) is 16.6. The Hall–Kier alpha value is -3.68. The van der Waals surface area contributed by atoms with Crippen molar-refractivity contribution in [2.24, 2.45) is 0 Å². The lowest BCUT2D eigenvalue weighted by atomic mass is 10.00. The van der Waals surface area contributed by atoms with Crippen molar-refractivity contribution in [3.05, 3.63) is 64.2 Å². The fourth-order valence-corrected chi connectivity index (χ4v) is 3.59. The molecule has 1 aromatic heterocycles. The van der Waals surface area contributed by atoms with E-state index < -0.39 is 17.8 Å². The van der Waals surface area contributed by atoms with Gasteiger partial charge in [0, 0.05) is 34.3 Å². The van der Waals surface area contributed by atoms with E-state index in [4.69, 9.17) is 15.6 Å². The predicted molar refractivity (Wildman–Crippen MR) is 113 cm³/mol. The fraction of sp³-hybridized carbons (Fsp3) is 0.261. The molecule has 0 radical (unpaired) electrons. The van der Waals surface area contributed by atoms with E-state index in [9.17, 15) is 14.4 Å². The lowest BCUT2D eigenvalue weighted by Crippen LogP contribution is -2.20. The molecule has 0 bridgehead atoms. The molecule has 1 aliphatic rings. The Kier molecular flexibility index (Phi) is 5.46. The summed E-state index contributed by atoms with van der Waals surface area (Å²) in [4.78, 5) is 35.2. The highest BCUT2D eigenvalue weighted by Crippen LogP contribution is 2.38. The standard InChI is InChI=1S/C23H21FN2O5/c24-19-10-18-14(12-31-23(30)8-7-22(28)29)9-21(27)26(16-5-6-16)20(18)11-17(19)13-1-3-15(25)4-2-13/h1-4,9-11,16H,5-8,12,25H2,(H,28,29). The molecular formula is C23H21FN2O5. The molecule has 7 nitrogen and oxygen atoms in total. The summed E-state index contributed by atoms with van der Waals surface area (Å²) in [7, 11) is 0. The third-order valence-corrected chi connectivity index (χ3v) is 5.29. The van der Waals surface area contributed by atoms with Crippen molar-refractivity contribution < 1.29 is 23.8 Å². The summed E-state index contributed by atoms with van der Waals surface area (Å²) in [5.41, 5.74) is 7.97. The van der Waals surface area contributed by atoms with Gasteiger partial charge in [-0.2, -0.15) is 0 Å². The number of pyridine rings is 1. The van der Waals surface area contributed by atoms with Gasteiger partial charge in [0.1, 0.15) is 12.4 Å². The first-order chi connectivity index (χ1) is 14.8. The molecule has 4 rings (SSSR count). The van der Waals surface area contributed by atoms with Gasteiger partial charge < -0.3 is 20.1 Å². The van der Waals surface area contributed by atoms with Gasteiger partial charge in [0.25, 0.3) is 5.56 Å². The van der Waals surface area contributed by atoms with Crippen LogP contribution in [-0.4, -0.2) is 21.6 Å². The molecule has 1 aliphatic carbocycles. The maximum absolute atomic E-state index is 15.1. The van der Waals surface area contributed by atoms with E-state index in [1.165, 1.54) is 12.1 Å². The molecule has 160 valence electrons. The summed E-state index contributed by atoms with van der Waals surface area (Å²) >= 11 is 0. The number of anilines is 1. The topological polar surface area (TPSA) is 112 Å². The summed E-state index contributed by atoms with van der Waals surface area (Å²) < 4.78 is 21.8. The van der Waals surface area contributed by atoms with Crippen LogP contribution >= 0.6 is 0 Å². The average molecular weight is 424 g/mol. The molecule has 8 heteroatoms. The quantitative estimate of drug-likeness (QED) is 0.443. The number of benzene rings is 2. The molecule has 1 heterocycles. The fourth-order valence-electron chi connectivity index (χ4n) is 3.59. The van der Waals surface area contributed by atoms with Gasteiger partial charge in [-0.15, -0.1) is 0 Å². The number of halogens is 1. The van der Waals surface area contributed by atoms with Crippen LogP contribution in [0.15, 0.2) is 47.3 Å². The number of nitrogens with two attached hydrogens (primary N) is 1. The lowest BCUT2D eigenvalue weighted by molar-refractivity contribution is -0.148. The van der Waals surface area contributed by atoms with Crippen LogP contribution in [0.2, 0.25) is 0 Å². The van der Waals surface area contributed by atoms with E-state index in [1.54, 1.807) is 34.9 Å². The van der Waals surface area contributed by atoms with Crippen molar-refractivity contribution >= 4 is 28.5 Å². The second-order valence-electron chi connectivity index (χ2n) is 7.63. The minimum Gasteiger partial charge on any atom is -0.481 e. The summed E-state index contributed by atoms with van der Waals surface area (Å²) in [6, 6.07) is 11.2. The van der Waals surface area contributed by atoms with Gasteiger partial charge in [-0.25, -0.2) is 4.39 Å². The molecule has 3 aromatic rings. The smallest absolute Gasteiger partial charge is 0.306 e. The zero-order chi connectivity index (χ0) is 22.1. The van der Waals surface area contributed by atoms with Gasteiger partial charge in [-0.1, -0.05) is 12.1 Å². The van der Waals surface area contributed by atoms with E-state index >= 15 is 4.39 Å². The Morgan fingerprint density at radius 3 is 2.48 bits per heavy atom. The Balaban J connectivity index is 1.76. The van der Waals surface area contributed by atoms with Crippen molar-refractivity contribution in [1.82, 2.24) is 4.57 Å². The predicted octanol–water partition coefficient (Wildman–Crippen LogP) is 3.63. The highest BCUT2D eigenvalue weighted by atomic mass is 19.1. The maximum atomic E-state index is 15.1. The number of rotatable bonds is 7. The Morgan fingerprint density at radius 1 is 1.13 bits per heavy atom. The molecule has 0 atom stereocenters. The number of carbonyl (C=O) groups is 2. The van der Waals surface area contributed by atoms with Crippen LogP contribution in [0.3, 0.4) is 0 Å². The number of carbonyl (C=O) groups excluding carboxylic acids is 1. The summed E-state index contributed by atoms with van der Waals surface area (Å²) in [5, 5.41) is 9.16. The number of ether oxygens (including phenoxy) is 1. The molecule has 0 saturated heterocycles. The maximum Gasteiger partial charge on any atom is 0.306 e. The third-order valence-electron chi connectivity index (χ3n) is 5.29. The number of nitrogens with zero attached hydrogens (tertiary/aromatic N) is 1. The van der Waals surface area contributed by atoms with Gasteiger partial charge in [-0.05, 0) is 42.7 Å². The molecule has 1 fully saturated rings. The monoisotopic (exact) mass is 424 g/mol. The molecule has 31 heavy (non-hydrogen) atoms. The van der Waals surface area contributed by atoms with Crippen molar-refractivity contribution in [2.45, 2.75) is 38.3 Å². The number of carboxylic acid groups (broad SMARTS) is 1. The van der Waals surface area contributed by atoms with Crippen molar-refractivity contribution in [2.75, 3.05) is 5.73 Å². The van der Waals surface area contributed by atoms with Crippen molar-refractivity contribution in [3.63, 3.8) is 0 Å². The van der Waals surface area contributed by atoms with Crippen LogP contribution in [0.1, 0.15) is 37.3 Å². The summed E-state index contributed by atoms with van der Waals surface area (Å²) in [6.45, 7) is -0.240. The number of hydrogen-bond acceptors (Lipinski definition) is 5. The summed E-state index contributed by atoms with van der Waals surface area (Å²) in [5.74, 6) is -2.27. The zero-order valence-corrected chi connectivity index (χ0v) is 16.6. The first-order valence-corrected chi connectivity index (χ1v) is 9.94. The van der Waals surface area contributed by atoms with Crippen LogP contribution in [0.4, 0.5) is 10.1 Å². The largest absolute Gasteiger partial charge is 0.481 e. The van der Waals surface area contributed by atoms with Crippen molar-refractivity contribution in [1.29, 1.82) is 0 Å². The minimum absolute atomic E-state index is 0.0619. The third kappa shape index (κ3) is 4.42. The molecule has 2 aromatic carbocycles. The molecule has 3 N–H and O–H groups in total. The van der Waals surface area contributed by atoms with E-state index in [-0.39, 0.29) is 31.0 Å². The highest BCUT2D eigenvalue weighted by molar-refractivity contribution is 5.88. The molecule has 0 aliphatic heterocycles. The van der Waals surface area contributed by atoms with Gasteiger partial charge >= 0.3 is 11.9 Å². The normalized spacial score (nSPS) is 13.3. The van der Waals surface area contributed by atoms with E-state index in [1.807, 2.05) is 0 Å². The van der Waals surface area contributed by atoms with Gasteiger partial charge in [-0.3, -0.25) is 14.4 Å². The van der Waals surface area contributed by atoms with E-state index in [2.05, 4.69) is 0 Å².